The molecule has 1 N–H and O–H groups in total. The van der Waals surface area contributed by atoms with Gasteiger partial charge in [-0.2, -0.15) is 0 Å². The van der Waals surface area contributed by atoms with E-state index in [2.05, 4.69) is 0 Å². The van der Waals surface area contributed by atoms with Crippen molar-refractivity contribution in [2.45, 2.75) is 51.2 Å². The molecule has 2 amide bonds. The monoisotopic (exact) mass is 344 g/mol. The van der Waals surface area contributed by atoms with Gasteiger partial charge in [-0.05, 0) is 25.3 Å². The molecular formula is C20H28N2O3. The Hall–Kier alpha value is -1.88. The first-order valence-corrected chi connectivity index (χ1v) is 9.33. The number of amides is 2. The van der Waals surface area contributed by atoms with Crippen molar-refractivity contribution < 1.29 is 14.7 Å². The van der Waals surface area contributed by atoms with Gasteiger partial charge in [0.1, 0.15) is 0 Å². The zero-order chi connectivity index (χ0) is 17.9. The third kappa shape index (κ3) is 4.21. The predicted molar refractivity (Wildman–Crippen MR) is 95.6 cm³/mol. The molecule has 5 heteroatoms. The van der Waals surface area contributed by atoms with Crippen molar-refractivity contribution in [1.29, 1.82) is 0 Å². The standard InChI is InChI=1S/C20H28N2O3/c1-2-21-14-17(12-18(21)23)19(24)22(13-16-8-4-3-5-9-16)15-20(25)10-6-7-11-20/h3-5,8-9,17,25H,2,6-7,10-15H2,1H3. The van der Waals surface area contributed by atoms with E-state index in [1.807, 2.05) is 37.3 Å². The molecule has 2 aliphatic rings. The van der Waals surface area contributed by atoms with Crippen LogP contribution in [-0.4, -0.2) is 52.0 Å². The lowest BCUT2D eigenvalue weighted by molar-refractivity contribution is -0.140. The molecule has 0 bridgehead atoms. The molecule has 5 nitrogen and oxygen atoms in total. The Kier molecular flexibility index (Phi) is 5.42. The molecule has 1 atom stereocenters. The summed E-state index contributed by atoms with van der Waals surface area (Å²) in [5, 5.41) is 10.8. The molecule has 0 aromatic heterocycles. The SMILES string of the molecule is CCN1CC(C(=O)N(Cc2ccccc2)CC2(O)CCCC2)CC1=O. The van der Waals surface area contributed by atoms with E-state index in [4.69, 9.17) is 0 Å². The summed E-state index contributed by atoms with van der Waals surface area (Å²) in [7, 11) is 0. The van der Waals surface area contributed by atoms with Crippen molar-refractivity contribution >= 4 is 11.8 Å². The van der Waals surface area contributed by atoms with Gasteiger partial charge in [-0.1, -0.05) is 43.2 Å². The molecule has 1 aliphatic heterocycles. The van der Waals surface area contributed by atoms with Gasteiger partial charge in [0.05, 0.1) is 11.5 Å². The summed E-state index contributed by atoms with van der Waals surface area (Å²) in [6.07, 6.45) is 3.80. The van der Waals surface area contributed by atoms with Crippen molar-refractivity contribution in [3.63, 3.8) is 0 Å². The number of carbonyl (C=O) groups is 2. The Balaban J connectivity index is 1.75. The van der Waals surface area contributed by atoms with E-state index < -0.39 is 5.60 Å². The Morgan fingerprint density at radius 2 is 1.96 bits per heavy atom. The topological polar surface area (TPSA) is 60.9 Å². The highest BCUT2D eigenvalue weighted by molar-refractivity contribution is 5.89. The molecule has 1 aromatic carbocycles. The van der Waals surface area contributed by atoms with Crippen LogP contribution >= 0.6 is 0 Å². The molecule has 25 heavy (non-hydrogen) atoms. The third-order valence-corrected chi connectivity index (χ3v) is 5.49. The van der Waals surface area contributed by atoms with Crippen LogP contribution in [0.15, 0.2) is 30.3 Å². The van der Waals surface area contributed by atoms with E-state index in [0.717, 1.165) is 31.2 Å². The fraction of sp³-hybridized carbons (Fsp3) is 0.600. The Bertz CT molecular complexity index is 611. The summed E-state index contributed by atoms with van der Waals surface area (Å²) < 4.78 is 0. The average molecular weight is 344 g/mol. The van der Waals surface area contributed by atoms with Crippen LogP contribution in [0.5, 0.6) is 0 Å². The smallest absolute Gasteiger partial charge is 0.228 e. The van der Waals surface area contributed by atoms with Crippen LogP contribution in [-0.2, 0) is 16.1 Å². The van der Waals surface area contributed by atoms with Gasteiger partial charge in [0.15, 0.2) is 0 Å². The zero-order valence-corrected chi connectivity index (χ0v) is 15.0. The second-order valence-corrected chi connectivity index (χ2v) is 7.44. The number of hydrogen-bond donors (Lipinski definition) is 1. The lowest BCUT2D eigenvalue weighted by Crippen LogP contribution is -2.46. The summed E-state index contributed by atoms with van der Waals surface area (Å²) in [4.78, 5) is 28.7. The van der Waals surface area contributed by atoms with Crippen LogP contribution < -0.4 is 0 Å². The molecule has 1 aliphatic carbocycles. The Labute approximate surface area is 149 Å². The van der Waals surface area contributed by atoms with Crippen LogP contribution in [0.4, 0.5) is 0 Å². The predicted octanol–water partition coefficient (Wildman–Crippen LogP) is 2.19. The van der Waals surface area contributed by atoms with E-state index in [9.17, 15) is 14.7 Å². The first kappa shape index (κ1) is 17.9. The van der Waals surface area contributed by atoms with Gasteiger partial charge in [-0.3, -0.25) is 9.59 Å². The molecule has 1 unspecified atom stereocenters. The summed E-state index contributed by atoms with van der Waals surface area (Å²) in [5.74, 6) is -0.241. The number of hydrogen-bond acceptors (Lipinski definition) is 3. The normalized spacial score (nSPS) is 22.4. The molecule has 3 rings (SSSR count). The van der Waals surface area contributed by atoms with Gasteiger partial charge < -0.3 is 14.9 Å². The highest BCUT2D eigenvalue weighted by Crippen LogP contribution is 2.31. The van der Waals surface area contributed by atoms with Gasteiger partial charge >= 0.3 is 0 Å². The Morgan fingerprint density at radius 1 is 1.28 bits per heavy atom. The first-order chi connectivity index (χ1) is 12.0. The van der Waals surface area contributed by atoms with Gasteiger partial charge in [0.25, 0.3) is 0 Å². The van der Waals surface area contributed by atoms with Crippen molar-refractivity contribution in [2.75, 3.05) is 19.6 Å². The summed E-state index contributed by atoms with van der Waals surface area (Å²) in [5.41, 5.74) is 0.270. The molecule has 0 radical (unpaired) electrons. The average Bonchev–Trinajstić information content (AvgIpc) is 3.20. The molecule has 1 heterocycles. The number of aliphatic hydroxyl groups is 1. The summed E-state index contributed by atoms with van der Waals surface area (Å²) in [6, 6.07) is 9.86. The maximum absolute atomic E-state index is 13.1. The van der Waals surface area contributed by atoms with Crippen molar-refractivity contribution in [1.82, 2.24) is 9.80 Å². The van der Waals surface area contributed by atoms with Crippen LogP contribution in [0.1, 0.15) is 44.6 Å². The quantitative estimate of drug-likeness (QED) is 0.860. The number of nitrogens with zero attached hydrogens (tertiary/aromatic N) is 2. The second kappa shape index (κ2) is 7.56. The summed E-state index contributed by atoms with van der Waals surface area (Å²) in [6.45, 7) is 3.92. The van der Waals surface area contributed by atoms with Gasteiger partial charge in [-0.25, -0.2) is 0 Å². The molecular weight excluding hydrogens is 316 g/mol. The molecule has 1 aromatic rings. The second-order valence-electron chi connectivity index (χ2n) is 7.44. The summed E-state index contributed by atoms with van der Waals surface area (Å²) >= 11 is 0. The van der Waals surface area contributed by atoms with Crippen LogP contribution in [0.2, 0.25) is 0 Å². The Morgan fingerprint density at radius 3 is 2.56 bits per heavy atom. The van der Waals surface area contributed by atoms with Gasteiger partial charge in [0, 0.05) is 32.6 Å². The van der Waals surface area contributed by atoms with Gasteiger partial charge in [0.2, 0.25) is 11.8 Å². The third-order valence-electron chi connectivity index (χ3n) is 5.49. The molecule has 1 saturated heterocycles. The molecule has 1 saturated carbocycles. The number of carbonyl (C=O) groups excluding carboxylic acids is 2. The molecule has 2 fully saturated rings. The fourth-order valence-corrected chi connectivity index (χ4v) is 4.06. The van der Waals surface area contributed by atoms with Crippen LogP contribution in [0.3, 0.4) is 0 Å². The molecule has 0 spiro atoms. The van der Waals surface area contributed by atoms with E-state index in [1.54, 1.807) is 9.80 Å². The largest absolute Gasteiger partial charge is 0.388 e. The maximum Gasteiger partial charge on any atom is 0.228 e. The first-order valence-electron chi connectivity index (χ1n) is 9.33. The molecule has 136 valence electrons. The van der Waals surface area contributed by atoms with E-state index in [-0.39, 0.29) is 24.2 Å². The number of rotatable bonds is 6. The van der Waals surface area contributed by atoms with E-state index >= 15 is 0 Å². The van der Waals surface area contributed by atoms with Crippen molar-refractivity contribution in [2.24, 2.45) is 5.92 Å². The van der Waals surface area contributed by atoms with E-state index in [0.29, 0.717) is 26.2 Å². The number of benzene rings is 1. The highest BCUT2D eigenvalue weighted by atomic mass is 16.3. The lowest BCUT2D eigenvalue weighted by Gasteiger charge is -2.33. The fourth-order valence-electron chi connectivity index (χ4n) is 4.06. The number of likely N-dealkylation sites (tertiary alicyclic amines) is 1. The zero-order valence-electron chi connectivity index (χ0n) is 15.0. The lowest BCUT2D eigenvalue weighted by atomic mass is 9.99. The van der Waals surface area contributed by atoms with Crippen molar-refractivity contribution in [3.05, 3.63) is 35.9 Å². The van der Waals surface area contributed by atoms with Crippen molar-refractivity contribution in [3.8, 4) is 0 Å². The van der Waals surface area contributed by atoms with E-state index in [1.165, 1.54) is 0 Å². The maximum atomic E-state index is 13.1. The minimum absolute atomic E-state index is 0.00604. The minimum atomic E-state index is -0.780. The van der Waals surface area contributed by atoms with Gasteiger partial charge in [-0.15, -0.1) is 0 Å². The minimum Gasteiger partial charge on any atom is -0.388 e. The van der Waals surface area contributed by atoms with Crippen LogP contribution in [0.25, 0.3) is 0 Å². The van der Waals surface area contributed by atoms with Crippen LogP contribution in [0, 0.1) is 5.92 Å². The highest BCUT2D eigenvalue weighted by Gasteiger charge is 2.39.